The van der Waals surface area contributed by atoms with E-state index in [2.05, 4.69) is 4.98 Å². The van der Waals surface area contributed by atoms with Gasteiger partial charge in [-0.1, -0.05) is 29.8 Å². The number of benzene rings is 2. The van der Waals surface area contributed by atoms with E-state index in [1.165, 1.54) is 0 Å². The van der Waals surface area contributed by atoms with Crippen LogP contribution >= 0.6 is 0 Å². The van der Waals surface area contributed by atoms with Gasteiger partial charge >= 0.3 is 5.97 Å². The molecule has 0 saturated carbocycles. The highest BCUT2D eigenvalue weighted by molar-refractivity contribution is 5.97. The van der Waals surface area contributed by atoms with Crippen molar-refractivity contribution in [3.63, 3.8) is 0 Å². The average Bonchev–Trinajstić information content (AvgIpc) is 3.16. The van der Waals surface area contributed by atoms with Crippen LogP contribution in [-0.4, -0.2) is 26.2 Å². The van der Waals surface area contributed by atoms with E-state index in [1.54, 1.807) is 44.5 Å². The Balaban J connectivity index is 1.98. The lowest BCUT2D eigenvalue weighted by atomic mass is 9.92. The van der Waals surface area contributed by atoms with Crippen molar-refractivity contribution in [3.8, 4) is 11.1 Å². The van der Waals surface area contributed by atoms with E-state index in [0.717, 1.165) is 11.1 Å². The Morgan fingerprint density at radius 2 is 1.67 bits per heavy atom. The molecule has 0 radical (unpaired) electrons. The van der Waals surface area contributed by atoms with E-state index in [9.17, 15) is 23.1 Å². The van der Waals surface area contributed by atoms with Crippen molar-refractivity contribution in [1.82, 2.24) is 9.55 Å². The van der Waals surface area contributed by atoms with Crippen LogP contribution in [0.2, 0.25) is 0 Å². The zero-order valence-electron chi connectivity index (χ0n) is 20.7. The number of hydrogen-bond donors (Lipinski definition) is 1. The van der Waals surface area contributed by atoms with Gasteiger partial charge in [-0.3, -0.25) is 0 Å². The molecule has 36 heavy (non-hydrogen) atoms. The smallest absolute Gasteiger partial charge is 0.337 e. The quantitative estimate of drug-likeness (QED) is 0.322. The minimum atomic E-state index is -1.30. The summed E-state index contributed by atoms with van der Waals surface area (Å²) in [7, 11) is 0. The molecule has 4 aromatic rings. The minimum Gasteiger partial charge on any atom is -0.479 e. The lowest BCUT2D eigenvalue weighted by Crippen LogP contribution is -2.28. The van der Waals surface area contributed by atoms with Gasteiger partial charge < -0.3 is 14.4 Å². The molecule has 0 fully saturated rings. The van der Waals surface area contributed by atoms with Crippen molar-refractivity contribution in [2.45, 2.75) is 52.9 Å². The van der Waals surface area contributed by atoms with Crippen LogP contribution in [0.4, 0.5) is 13.2 Å². The van der Waals surface area contributed by atoms with Crippen LogP contribution in [0, 0.1) is 31.3 Å². The molecule has 1 unspecified atom stereocenters. The maximum atomic E-state index is 14.4. The first kappa shape index (κ1) is 25.4. The summed E-state index contributed by atoms with van der Waals surface area (Å²) in [5.41, 5.74) is 2.59. The van der Waals surface area contributed by atoms with Gasteiger partial charge in [-0.2, -0.15) is 0 Å². The predicted octanol–water partition coefficient (Wildman–Crippen LogP) is 6.73. The highest BCUT2D eigenvalue weighted by Crippen LogP contribution is 2.40. The molecule has 0 saturated heterocycles. The molecule has 0 aliphatic carbocycles. The number of carboxylic acid groups (broad SMARTS) is 1. The molecular weight excluding hydrogens is 469 g/mol. The molecule has 1 atom stereocenters. The van der Waals surface area contributed by atoms with Crippen LogP contribution in [-0.2, 0) is 16.1 Å². The Kier molecular flexibility index (Phi) is 6.66. The second-order valence-electron chi connectivity index (χ2n) is 9.83. The van der Waals surface area contributed by atoms with Crippen molar-refractivity contribution >= 4 is 17.0 Å². The van der Waals surface area contributed by atoms with Gasteiger partial charge in [-0.15, -0.1) is 0 Å². The van der Waals surface area contributed by atoms with Gasteiger partial charge in [0.25, 0.3) is 0 Å². The number of aryl methyl sites for hydroxylation is 2. The predicted molar refractivity (Wildman–Crippen MR) is 131 cm³/mol. The normalized spacial score (nSPS) is 12.8. The number of pyridine rings is 1. The number of carbonyl (C=O) groups is 1. The second-order valence-corrected chi connectivity index (χ2v) is 9.83. The molecule has 8 heteroatoms. The van der Waals surface area contributed by atoms with Crippen LogP contribution < -0.4 is 0 Å². The first-order chi connectivity index (χ1) is 16.9. The van der Waals surface area contributed by atoms with Crippen LogP contribution in [0.25, 0.3) is 22.2 Å². The summed E-state index contributed by atoms with van der Waals surface area (Å²) in [4.78, 5) is 17.0. The van der Waals surface area contributed by atoms with Crippen molar-refractivity contribution < 1.29 is 27.8 Å². The molecule has 0 amide bonds. The number of ether oxygens (including phenoxy) is 1. The fourth-order valence-corrected chi connectivity index (χ4v) is 4.29. The molecular formula is C28H27F3N2O3. The van der Waals surface area contributed by atoms with Gasteiger partial charge in [0.2, 0.25) is 0 Å². The number of aliphatic carboxylic acids is 1. The third kappa shape index (κ3) is 4.99. The highest BCUT2D eigenvalue weighted by Gasteiger charge is 2.32. The third-order valence-corrected chi connectivity index (χ3v) is 5.87. The molecule has 2 aromatic heterocycles. The standard InChI is InChI=1S/C28H27F3N2O3/c1-15-6-8-17(9-7-15)24-19-10-11-33(14-20-21(30)12-18(29)13-22(20)31)26(19)32-16(2)23(24)25(27(34)35)36-28(3,4)5/h6-13,25H,14H2,1-5H3,(H,34,35). The second kappa shape index (κ2) is 9.43. The largest absolute Gasteiger partial charge is 0.479 e. The summed E-state index contributed by atoms with van der Waals surface area (Å²) in [5, 5.41) is 10.7. The lowest BCUT2D eigenvalue weighted by molar-refractivity contribution is -0.160. The summed E-state index contributed by atoms with van der Waals surface area (Å²) in [5.74, 6) is -4.14. The molecule has 1 N–H and O–H groups in total. The van der Waals surface area contributed by atoms with E-state index >= 15 is 0 Å². The van der Waals surface area contributed by atoms with Crippen molar-refractivity contribution in [2.75, 3.05) is 0 Å². The Labute approximate surface area is 207 Å². The van der Waals surface area contributed by atoms with Gasteiger partial charge in [0.05, 0.1) is 12.1 Å². The molecule has 188 valence electrons. The topological polar surface area (TPSA) is 64.3 Å². The van der Waals surface area contributed by atoms with E-state index in [4.69, 9.17) is 4.74 Å². The number of fused-ring (bicyclic) bond motifs is 1. The molecule has 0 spiro atoms. The zero-order chi connectivity index (χ0) is 26.4. The summed E-state index contributed by atoms with van der Waals surface area (Å²) >= 11 is 0. The minimum absolute atomic E-state index is 0.221. The Morgan fingerprint density at radius 3 is 2.22 bits per heavy atom. The summed E-state index contributed by atoms with van der Waals surface area (Å²) in [6.45, 7) is 8.74. The van der Waals surface area contributed by atoms with Crippen LogP contribution in [0.15, 0.2) is 48.7 Å². The van der Waals surface area contributed by atoms with Gasteiger partial charge in [-0.25, -0.2) is 22.9 Å². The molecule has 5 nitrogen and oxygen atoms in total. The van der Waals surface area contributed by atoms with Gasteiger partial charge in [0.15, 0.2) is 6.10 Å². The van der Waals surface area contributed by atoms with Crippen LogP contribution in [0.5, 0.6) is 0 Å². The van der Waals surface area contributed by atoms with Gasteiger partial charge in [-0.05, 0) is 46.2 Å². The van der Waals surface area contributed by atoms with E-state index in [1.807, 2.05) is 31.2 Å². The maximum absolute atomic E-state index is 14.4. The van der Waals surface area contributed by atoms with Crippen molar-refractivity contribution in [3.05, 3.63) is 88.5 Å². The summed E-state index contributed by atoms with van der Waals surface area (Å²) in [6.07, 6.45) is 0.329. The summed E-state index contributed by atoms with van der Waals surface area (Å²) in [6, 6.07) is 10.6. The Bertz CT molecular complexity index is 1430. The number of nitrogens with zero attached hydrogens (tertiary/aromatic N) is 2. The number of aromatic nitrogens is 2. The van der Waals surface area contributed by atoms with Crippen molar-refractivity contribution in [1.29, 1.82) is 0 Å². The Hall–Kier alpha value is -3.65. The van der Waals surface area contributed by atoms with E-state index in [-0.39, 0.29) is 12.1 Å². The maximum Gasteiger partial charge on any atom is 0.337 e. The van der Waals surface area contributed by atoms with E-state index < -0.39 is 35.1 Å². The van der Waals surface area contributed by atoms with Crippen LogP contribution in [0.1, 0.15) is 49.3 Å². The molecule has 0 aliphatic rings. The summed E-state index contributed by atoms with van der Waals surface area (Å²) < 4.78 is 49.7. The number of carboxylic acids is 1. The Morgan fingerprint density at radius 1 is 1.06 bits per heavy atom. The van der Waals surface area contributed by atoms with Gasteiger partial charge in [0, 0.05) is 46.1 Å². The first-order valence-corrected chi connectivity index (χ1v) is 11.5. The molecule has 0 bridgehead atoms. The SMILES string of the molecule is Cc1ccc(-c2c(C(OC(C)(C)C)C(=O)O)c(C)nc3c2ccn3Cc2c(F)cc(F)cc2F)cc1. The number of hydrogen-bond acceptors (Lipinski definition) is 3. The van der Waals surface area contributed by atoms with Gasteiger partial charge in [0.1, 0.15) is 23.1 Å². The molecule has 4 rings (SSSR count). The number of rotatable bonds is 6. The zero-order valence-corrected chi connectivity index (χ0v) is 20.7. The fraction of sp³-hybridized carbons (Fsp3) is 0.286. The van der Waals surface area contributed by atoms with E-state index in [0.29, 0.717) is 40.0 Å². The monoisotopic (exact) mass is 496 g/mol. The fourth-order valence-electron chi connectivity index (χ4n) is 4.29. The highest BCUT2D eigenvalue weighted by atomic mass is 19.1. The average molecular weight is 497 g/mol. The number of halogens is 3. The molecule has 2 aromatic carbocycles. The molecule has 2 heterocycles. The first-order valence-electron chi connectivity index (χ1n) is 11.5. The van der Waals surface area contributed by atoms with Crippen LogP contribution in [0.3, 0.4) is 0 Å². The third-order valence-electron chi connectivity index (χ3n) is 5.87. The van der Waals surface area contributed by atoms with Crippen molar-refractivity contribution in [2.24, 2.45) is 0 Å². The lowest BCUT2D eigenvalue weighted by Gasteiger charge is -2.28. The molecule has 0 aliphatic heterocycles.